The normalized spacial score (nSPS) is 17.1. The third-order valence-electron chi connectivity index (χ3n) is 2.62. The number of carbonyl (C=O) groups excluding carboxylic acids is 1. The molecule has 1 aromatic carbocycles. The summed E-state index contributed by atoms with van der Waals surface area (Å²) in [7, 11) is 0. The number of benzene rings is 1. The lowest BCUT2D eigenvalue weighted by Gasteiger charge is -2.17. The van der Waals surface area contributed by atoms with Crippen molar-refractivity contribution in [1.29, 1.82) is 5.41 Å². The maximum Gasteiger partial charge on any atom is 0.283 e. The number of amides is 1. The predicted molar refractivity (Wildman–Crippen MR) is 69.6 cm³/mol. The zero-order valence-corrected chi connectivity index (χ0v) is 10.7. The highest BCUT2D eigenvalue weighted by Crippen LogP contribution is 2.15. The number of carbonyl (C=O) groups is 1. The predicted octanol–water partition coefficient (Wildman–Crippen LogP) is 0.389. The van der Waals surface area contributed by atoms with Crippen LogP contribution in [0.25, 0.3) is 11.0 Å². The maximum atomic E-state index is 12.1. The zero-order valence-electron chi connectivity index (χ0n) is 9.85. The number of nitrogens with zero attached hydrogens (tertiary/aromatic N) is 4. The van der Waals surface area contributed by atoms with Gasteiger partial charge in [-0.2, -0.15) is 13.8 Å². The van der Waals surface area contributed by atoms with E-state index in [1.54, 1.807) is 6.07 Å². The van der Waals surface area contributed by atoms with Gasteiger partial charge in [-0.1, -0.05) is 0 Å². The summed E-state index contributed by atoms with van der Waals surface area (Å²) in [6, 6.07) is 4.63. The summed E-state index contributed by atoms with van der Waals surface area (Å²) < 4.78 is 8.03. The number of rotatable bonds is 2. The highest BCUT2D eigenvalue weighted by molar-refractivity contribution is 7.00. The molecule has 1 aliphatic rings. The van der Waals surface area contributed by atoms with Crippen LogP contribution in [0, 0.1) is 5.41 Å². The smallest absolute Gasteiger partial charge is 0.283 e. The van der Waals surface area contributed by atoms with Crippen LogP contribution in [0.15, 0.2) is 23.2 Å². The first-order valence-electron chi connectivity index (χ1n) is 5.44. The molecule has 1 atom stereocenters. The topological polar surface area (TPSA) is 124 Å². The van der Waals surface area contributed by atoms with Crippen LogP contribution in [0.5, 0.6) is 0 Å². The van der Waals surface area contributed by atoms with Crippen LogP contribution >= 0.6 is 11.7 Å². The number of amidine groups is 1. The molecule has 1 aliphatic heterocycles. The number of hydroxylamine groups is 3. The molecule has 1 unspecified atom stereocenters. The molecule has 3 N–H and O–H groups in total. The average molecular weight is 292 g/mol. The molecule has 0 saturated heterocycles. The molecular formula is C10H8N6O3S. The van der Waals surface area contributed by atoms with Gasteiger partial charge in [0.1, 0.15) is 11.0 Å². The standard InChI is InChI=1S/C10H8N6O3S/c11-8(9-12-4-19-13-9)16(18)10(17)5-1-2-6-7(3-5)15-20-14-6/h1-4,9,11,13,18H. The summed E-state index contributed by atoms with van der Waals surface area (Å²) >= 11 is 1.03. The van der Waals surface area contributed by atoms with E-state index in [4.69, 9.17) is 5.41 Å². The molecule has 0 saturated carbocycles. The van der Waals surface area contributed by atoms with E-state index in [0.29, 0.717) is 11.0 Å². The van der Waals surface area contributed by atoms with Crippen molar-refractivity contribution in [2.24, 2.45) is 4.99 Å². The van der Waals surface area contributed by atoms with Crippen molar-refractivity contribution in [3.63, 3.8) is 0 Å². The lowest BCUT2D eigenvalue weighted by molar-refractivity contribution is -0.00764. The largest absolute Gasteiger partial charge is 0.394 e. The van der Waals surface area contributed by atoms with Crippen LogP contribution < -0.4 is 5.48 Å². The van der Waals surface area contributed by atoms with E-state index in [-0.39, 0.29) is 10.6 Å². The fourth-order valence-electron chi connectivity index (χ4n) is 1.61. The molecule has 3 rings (SSSR count). The Kier molecular flexibility index (Phi) is 3.10. The molecule has 0 fully saturated rings. The summed E-state index contributed by atoms with van der Waals surface area (Å²) in [5, 5.41) is 17.7. The van der Waals surface area contributed by atoms with Gasteiger partial charge in [0.05, 0.1) is 11.7 Å². The number of aliphatic imine (C=N–C) groups is 1. The van der Waals surface area contributed by atoms with Crippen molar-refractivity contribution in [1.82, 2.24) is 19.3 Å². The third kappa shape index (κ3) is 2.11. The van der Waals surface area contributed by atoms with E-state index in [9.17, 15) is 10.0 Å². The molecule has 0 spiro atoms. The molecule has 2 aromatic rings. The second-order valence-electron chi connectivity index (χ2n) is 3.86. The van der Waals surface area contributed by atoms with Crippen LogP contribution in [0.3, 0.4) is 0 Å². The van der Waals surface area contributed by atoms with Crippen molar-refractivity contribution < 1.29 is 14.8 Å². The summed E-state index contributed by atoms with van der Waals surface area (Å²) in [6.07, 6.45) is 0.165. The molecule has 1 amide bonds. The van der Waals surface area contributed by atoms with Crippen molar-refractivity contribution in [2.45, 2.75) is 6.17 Å². The Bertz CT molecular complexity index is 714. The monoisotopic (exact) mass is 292 g/mol. The molecular weight excluding hydrogens is 284 g/mol. The number of hydrogen-bond donors (Lipinski definition) is 3. The minimum atomic E-state index is -0.923. The number of nitrogens with one attached hydrogen (secondary N) is 2. The van der Waals surface area contributed by atoms with E-state index >= 15 is 0 Å². The van der Waals surface area contributed by atoms with Gasteiger partial charge in [-0.05, 0) is 18.2 Å². The number of hydrogen-bond acceptors (Lipinski definition) is 9. The van der Waals surface area contributed by atoms with Gasteiger partial charge >= 0.3 is 0 Å². The van der Waals surface area contributed by atoms with Crippen LogP contribution in [0.4, 0.5) is 0 Å². The van der Waals surface area contributed by atoms with Gasteiger partial charge in [-0.15, -0.1) is 5.48 Å². The van der Waals surface area contributed by atoms with Gasteiger partial charge in [0.2, 0.25) is 0 Å². The minimum Gasteiger partial charge on any atom is -0.394 e. The summed E-state index contributed by atoms with van der Waals surface area (Å²) in [6.45, 7) is 0. The van der Waals surface area contributed by atoms with E-state index in [0.717, 1.165) is 18.1 Å². The Hall–Kier alpha value is -2.43. The Morgan fingerprint density at radius 1 is 1.45 bits per heavy atom. The van der Waals surface area contributed by atoms with Crippen LogP contribution in [0.2, 0.25) is 0 Å². The van der Waals surface area contributed by atoms with E-state index in [1.807, 2.05) is 0 Å². The molecule has 9 nitrogen and oxygen atoms in total. The lowest BCUT2D eigenvalue weighted by atomic mass is 10.2. The van der Waals surface area contributed by atoms with Gasteiger partial charge in [-0.25, -0.2) is 4.99 Å². The van der Waals surface area contributed by atoms with Crippen molar-refractivity contribution >= 4 is 40.9 Å². The van der Waals surface area contributed by atoms with Gasteiger partial charge in [0.15, 0.2) is 18.4 Å². The summed E-state index contributed by atoms with van der Waals surface area (Å²) in [5.41, 5.74) is 3.77. The maximum absolute atomic E-state index is 12.1. The van der Waals surface area contributed by atoms with Gasteiger partial charge in [0.25, 0.3) is 5.91 Å². The Morgan fingerprint density at radius 3 is 3.00 bits per heavy atom. The SMILES string of the molecule is N=C(C1N=CON1)N(O)C(=O)c1ccc2nsnc2c1. The Morgan fingerprint density at radius 2 is 2.25 bits per heavy atom. The highest BCUT2D eigenvalue weighted by atomic mass is 32.1. The second kappa shape index (κ2) is 4.92. The molecule has 0 bridgehead atoms. The molecule has 0 radical (unpaired) electrons. The minimum absolute atomic E-state index is 0.195. The van der Waals surface area contributed by atoms with Crippen molar-refractivity contribution in [2.75, 3.05) is 0 Å². The molecule has 10 heteroatoms. The third-order valence-corrected chi connectivity index (χ3v) is 3.18. The second-order valence-corrected chi connectivity index (χ2v) is 4.39. The zero-order chi connectivity index (χ0) is 14.1. The summed E-state index contributed by atoms with van der Waals surface area (Å²) in [4.78, 5) is 20.4. The van der Waals surface area contributed by atoms with E-state index in [1.165, 1.54) is 12.1 Å². The first-order valence-corrected chi connectivity index (χ1v) is 6.17. The molecule has 1 aromatic heterocycles. The Balaban J connectivity index is 1.83. The van der Waals surface area contributed by atoms with Gasteiger partial charge < -0.3 is 4.84 Å². The van der Waals surface area contributed by atoms with Gasteiger partial charge in [-0.3, -0.25) is 15.4 Å². The highest BCUT2D eigenvalue weighted by Gasteiger charge is 2.27. The fourth-order valence-corrected chi connectivity index (χ4v) is 2.12. The van der Waals surface area contributed by atoms with Crippen LogP contribution in [-0.2, 0) is 4.84 Å². The fraction of sp³-hybridized carbons (Fsp3) is 0.100. The molecule has 2 heterocycles. The molecule has 102 valence electrons. The van der Waals surface area contributed by atoms with E-state index in [2.05, 4.69) is 24.1 Å². The van der Waals surface area contributed by atoms with Crippen molar-refractivity contribution in [3.05, 3.63) is 23.8 Å². The average Bonchev–Trinajstić information content (AvgIpc) is 3.14. The first kappa shape index (κ1) is 12.6. The summed E-state index contributed by atoms with van der Waals surface area (Å²) in [5.74, 6) is -1.20. The Labute approximate surface area is 116 Å². The molecule has 20 heavy (non-hydrogen) atoms. The van der Waals surface area contributed by atoms with Crippen molar-refractivity contribution in [3.8, 4) is 0 Å². The van der Waals surface area contributed by atoms with Crippen LogP contribution in [-0.4, -0.2) is 43.3 Å². The first-order chi connectivity index (χ1) is 9.66. The number of fused-ring (bicyclic) bond motifs is 1. The number of aromatic nitrogens is 2. The van der Waals surface area contributed by atoms with E-state index < -0.39 is 17.9 Å². The quantitative estimate of drug-likeness (QED) is 0.318. The van der Waals surface area contributed by atoms with Gasteiger partial charge in [0, 0.05) is 5.56 Å². The lowest BCUT2D eigenvalue weighted by Crippen LogP contribution is -2.44. The van der Waals surface area contributed by atoms with Crippen LogP contribution in [0.1, 0.15) is 10.4 Å². The molecule has 0 aliphatic carbocycles.